The third kappa shape index (κ3) is 6.57. The molecule has 184 valence electrons. The molecule has 1 aliphatic rings. The van der Waals surface area contributed by atoms with E-state index in [-0.39, 0.29) is 12.3 Å². The molecule has 0 spiro atoms. The molecule has 1 N–H and O–H groups in total. The Morgan fingerprint density at radius 1 is 0.917 bits per heavy atom. The summed E-state index contributed by atoms with van der Waals surface area (Å²) < 4.78 is 5.80. The number of ether oxygens (including phenoxy) is 1. The number of carbonyl (C=O) groups is 1. The third-order valence-electron chi connectivity index (χ3n) is 6.21. The van der Waals surface area contributed by atoms with E-state index in [1.807, 2.05) is 60.0 Å². The molecule has 5 rings (SSSR count). The predicted octanol–water partition coefficient (Wildman–Crippen LogP) is 5.53. The van der Waals surface area contributed by atoms with E-state index in [1.165, 1.54) is 5.56 Å². The SMILES string of the molecule is CN1CCN(Cc2ccc(-c3nc(CC(=O)Nc4ccc(Oc5ccccc5)cc4)cs3)cc2)CC1. The number of hydrogen-bond acceptors (Lipinski definition) is 6. The van der Waals surface area contributed by atoms with Crippen LogP contribution in [0, 0.1) is 0 Å². The van der Waals surface area contributed by atoms with E-state index in [0.717, 1.165) is 66.2 Å². The van der Waals surface area contributed by atoms with Crippen LogP contribution in [0.15, 0.2) is 84.2 Å². The molecule has 6 nitrogen and oxygen atoms in total. The summed E-state index contributed by atoms with van der Waals surface area (Å²) in [6, 6.07) is 25.6. The Morgan fingerprint density at radius 3 is 2.33 bits per heavy atom. The average molecular weight is 499 g/mol. The van der Waals surface area contributed by atoms with Crippen LogP contribution in [0.2, 0.25) is 0 Å². The van der Waals surface area contributed by atoms with Gasteiger partial charge in [-0.2, -0.15) is 0 Å². The molecule has 1 amide bonds. The van der Waals surface area contributed by atoms with Crippen LogP contribution < -0.4 is 10.1 Å². The van der Waals surface area contributed by atoms with Crippen molar-refractivity contribution >= 4 is 22.9 Å². The van der Waals surface area contributed by atoms with Gasteiger partial charge in [0.25, 0.3) is 0 Å². The van der Waals surface area contributed by atoms with Gasteiger partial charge in [0.15, 0.2) is 0 Å². The first-order valence-corrected chi connectivity index (χ1v) is 13.1. The first-order chi connectivity index (χ1) is 17.6. The predicted molar refractivity (Wildman–Crippen MR) is 146 cm³/mol. The largest absolute Gasteiger partial charge is 0.457 e. The summed E-state index contributed by atoms with van der Waals surface area (Å²) in [6.07, 6.45) is 0.236. The summed E-state index contributed by atoms with van der Waals surface area (Å²) in [7, 11) is 2.18. The van der Waals surface area contributed by atoms with Gasteiger partial charge in [0, 0.05) is 49.4 Å². The minimum Gasteiger partial charge on any atom is -0.457 e. The summed E-state index contributed by atoms with van der Waals surface area (Å²) >= 11 is 1.57. The van der Waals surface area contributed by atoms with Crippen LogP contribution in [0.4, 0.5) is 5.69 Å². The fourth-order valence-corrected chi connectivity index (χ4v) is 4.96. The van der Waals surface area contributed by atoms with Gasteiger partial charge >= 0.3 is 0 Å². The molecule has 7 heteroatoms. The normalized spacial score (nSPS) is 14.5. The Balaban J connectivity index is 1.12. The van der Waals surface area contributed by atoms with Gasteiger partial charge in [0.05, 0.1) is 12.1 Å². The van der Waals surface area contributed by atoms with Crippen LogP contribution in [0.25, 0.3) is 10.6 Å². The van der Waals surface area contributed by atoms with Crippen molar-refractivity contribution in [3.63, 3.8) is 0 Å². The average Bonchev–Trinajstić information content (AvgIpc) is 3.36. The summed E-state index contributed by atoms with van der Waals surface area (Å²) in [4.78, 5) is 22.1. The molecule has 1 fully saturated rings. The zero-order valence-electron chi connectivity index (χ0n) is 20.4. The summed E-state index contributed by atoms with van der Waals surface area (Å²) in [5.74, 6) is 1.40. The monoisotopic (exact) mass is 498 g/mol. The lowest BCUT2D eigenvalue weighted by atomic mass is 10.1. The molecule has 1 saturated heterocycles. The Kier molecular flexibility index (Phi) is 7.71. The van der Waals surface area contributed by atoms with Crippen molar-refractivity contribution in [2.24, 2.45) is 0 Å². The maximum Gasteiger partial charge on any atom is 0.230 e. The van der Waals surface area contributed by atoms with Gasteiger partial charge in [-0.05, 0) is 49.0 Å². The van der Waals surface area contributed by atoms with E-state index < -0.39 is 0 Å². The standard InChI is InChI=1S/C29H30N4O2S/c1-32-15-17-33(18-16-32)20-22-7-9-23(10-8-22)29-31-25(21-36-29)19-28(34)30-24-11-13-27(14-12-24)35-26-5-3-2-4-6-26/h2-14,21H,15-20H2,1H3,(H,30,34). The van der Waals surface area contributed by atoms with Gasteiger partial charge in [-0.3, -0.25) is 9.69 Å². The maximum absolute atomic E-state index is 12.6. The van der Waals surface area contributed by atoms with E-state index >= 15 is 0 Å². The molecule has 4 aromatic rings. The molecule has 1 aliphatic heterocycles. The number of carbonyl (C=O) groups excluding carboxylic acids is 1. The molecule has 36 heavy (non-hydrogen) atoms. The lowest BCUT2D eigenvalue weighted by Crippen LogP contribution is -2.43. The van der Waals surface area contributed by atoms with Gasteiger partial charge < -0.3 is 15.0 Å². The molecule has 0 bridgehead atoms. The van der Waals surface area contributed by atoms with Gasteiger partial charge in [0.1, 0.15) is 16.5 Å². The number of piperazine rings is 1. The fraction of sp³-hybridized carbons (Fsp3) is 0.241. The molecular weight excluding hydrogens is 468 g/mol. The number of para-hydroxylation sites is 1. The number of rotatable bonds is 8. The van der Waals surface area contributed by atoms with Crippen LogP contribution in [-0.2, 0) is 17.8 Å². The first-order valence-electron chi connectivity index (χ1n) is 12.2. The van der Waals surface area contributed by atoms with E-state index in [1.54, 1.807) is 11.3 Å². The number of benzene rings is 3. The van der Waals surface area contributed by atoms with Gasteiger partial charge in [-0.1, -0.05) is 42.5 Å². The van der Waals surface area contributed by atoms with Crippen LogP contribution in [0.5, 0.6) is 11.5 Å². The zero-order chi connectivity index (χ0) is 24.7. The minimum atomic E-state index is -0.0916. The van der Waals surface area contributed by atoms with Crippen molar-refractivity contribution in [2.75, 3.05) is 38.5 Å². The highest BCUT2D eigenvalue weighted by Gasteiger charge is 2.14. The Morgan fingerprint density at radius 2 is 1.61 bits per heavy atom. The first kappa shape index (κ1) is 24.2. The summed E-state index contributed by atoms with van der Waals surface area (Å²) in [6.45, 7) is 5.46. The molecular formula is C29H30N4O2S. The number of nitrogens with zero attached hydrogens (tertiary/aromatic N) is 3. The number of thiazole rings is 1. The molecule has 0 aliphatic carbocycles. The molecule has 0 radical (unpaired) electrons. The number of anilines is 1. The summed E-state index contributed by atoms with van der Waals surface area (Å²) in [5, 5.41) is 5.84. The van der Waals surface area contributed by atoms with Crippen molar-refractivity contribution in [1.29, 1.82) is 0 Å². The smallest absolute Gasteiger partial charge is 0.230 e. The van der Waals surface area contributed by atoms with Crippen LogP contribution >= 0.6 is 11.3 Å². The van der Waals surface area contributed by atoms with E-state index in [2.05, 4.69) is 46.4 Å². The van der Waals surface area contributed by atoms with Crippen molar-refractivity contribution < 1.29 is 9.53 Å². The Bertz CT molecular complexity index is 1260. The number of hydrogen-bond donors (Lipinski definition) is 1. The third-order valence-corrected chi connectivity index (χ3v) is 7.15. The Hall–Kier alpha value is -3.52. The quantitative estimate of drug-likeness (QED) is 0.346. The van der Waals surface area contributed by atoms with E-state index in [0.29, 0.717) is 0 Å². The topological polar surface area (TPSA) is 57.7 Å². The lowest BCUT2D eigenvalue weighted by molar-refractivity contribution is -0.115. The molecule has 2 heterocycles. The molecule has 0 atom stereocenters. The van der Waals surface area contributed by atoms with Crippen molar-refractivity contribution in [3.8, 4) is 22.1 Å². The highest BCUT2D eigenvalue weighted by Crippen LogP contribution is 2.26. The van der Waals surface area contributed by atoms with Crippen molar-refractivity contribution in [2.45, 2.75) is 13.0 Å². The van der Waals surface area contributed by atoms with Gasteiger partial charge in [-0.15, -0.1) is 11.3 Å². The second-order valence-corrected chi connectivity index (χ2v) is 9.94. The van der Waals surface area contributed by atoms with Crippen LogP contribution in [0.1, 0.15) is 11.3 Å². The number of aromatic nitrogens is 1. The van der Waals surface area contributed by atoms with Crippen molar-refractivity contribution in [3.05, 3.63) is 95.5 Å². The van der Waals surface area contributed by atoms with Gasteiger partial charge in [-0.25, -0.2) is 4.98 Å². The molecule has 3 aromatic carbocycles. The maximum atomic E-state index is 12.6. The zero-order valence-corrected chi connectivity index (χ0v) is 21.2. The second kappa shape index (κ2) is 11.5. The molecule has 1 aromatic heterocycles. The number of nitrogens with one attached hydrogen (secondary N) is 1. The minimum absolute atomic E-state index is 0.0916. The molecule has 0 unspecified atom stereocenters. The highest BCUT2D eigenvalue weighted by atomic mass is 32.1. The van der Waals surface area contributed by atoms with E-state index in [9.17, 15) is 4.79 Å². The van der Waals surface area contributed by atoms with Crippen LogP contribution in [-0.4, -0.2) is 53.9 Å². The molecule has 0 saturated carbocycles. The highest BCUT2D eigenvalue weighted by molar-refractivity contribution is 7.13. The summed E-state index contributed by atoms with van der Waals surface area (Å²) in [5.41, 5.74) is 3.91. The van der Waals surface area contributed by atoms with Gasteiger partial charge in [0.2, 0.25) is 5.91 Å². The fourth-order valence-electron chi connectivity index (χ4n) is 4.14. The second-order valence-electron chi connectivity index (χ2n) is 9.08. The van der Waals surface area contributed by atoms with E-state index in [4.69, 9.17) is 9.72 Å². The number of amides is 1. The van der Waals surface area contributed by atoms with Crippen LogP contribution in [0.3, 0.4) is 0 Å². The lowest BCUT2D eigenvalue weighted by Gasteiger charge is -2.32. The van der Waals surface area contributed by atoms with Crippen molar-refractivity contribution in [1.82, 2.24) is 14.8 Å². The number of likely N-dealkylation sites (N-methyl/N-ethyl adjacent to an activating group) is 1. The Labute approximate surface area is 216 Å².